The molecule has 0 spiro atoms. The number of esters is 1. The van der Waals surface area contributed by atoms with Crippen LogP contribution in [-0.4, -0.2) is 22.5 Å². The summed E-state index contributed by atoms with van der Waals surface area (Å²) in [6, 6.07) is 9.80. The Kier molecular flexibility index (Phi) is 6.39. The number of carbonyl (C=O) groups is 1. The zero-order valence-corrected chi connectivity index (χ0v) is 16.9. The van der Waals surface area contributed by atoms with E-state index in [-0.39, 0.29) is 12.4 Å². The molecule has 0 saturated heterocycles. The van der Waals surface area contributed by atoms with E-state index in [1.165, 1.54) is 41.3 Å². The number of rotatable bonds is 6. The second kappa shape index (κ2) is 8.95. The number of nitrogens with zero attached hydrogens (tertiary/aromatic N) is 3. The third kappa shape index (κ3) is 4.55. The van der Waals surface area contributed by atoms with Crippen molar-refractivity contribution >= 4 is 29.1 Å². The summed E-state index contributed by atoms with van der Waals surface area (Å²) in [6.07, 6.45) is 0. The summed E-state index contributed by atoms with van der Waals surface area (Å²) in [5.74, 6) is -0.241. The van der Waals surface area contributed by atoms with E-state index in [0.29, 0.717) is 27.6 Å². The molecule has 3 rings (SSSR count). The molecule has 142 valence electrons. The number of ether oxygens (including phenoxy) is 1. The molecule has 0 aliphatic carbocycles. The molecule has 0 fully saturated rings. The smallest absolute Gasteiger partial charge is 0.340 e. The van der Waals surface area contributed by atoms with Crippen LogP contribution in [0.3, 0.4) is 0 Å². The van der Waals surface area contributed by atoms with Gasteiger partial charge in [0.25, 0.3) is 0 Å². The van der Waals surface area contributed by atoms with Gasteiger partial charge in [-0.25, -0.2) is 19.2 Å². The quantitative estimate of drug-likeness (QED) is 0.418. The van der Waals surface area contributed by atoms with Crippen molar-refractivity contribution in [2.24, 2.45) is 0 Å². The van der Waals surface area contributed by atoms with Gasteiger partial charge in [-0.3, -0.25) is 0 Å². The number of halogens is 1. The van der Waals surface area contributed by atoms with Crippen molar-refractivity contribution in [2.75, 3.05) is 6.61 Å². The predicted octanol–water partition coefficient (Wildman–Crippen LogP) is 4.99. The summed E-state index contributed by atoms with van der Waals surface area (Å²) >= 11 is 2.86. The molecule has 1 aromatic carbocycles. The lowest BCUT2D eigenvalue weighted by Gasteiger charge is -2.08. The Bertz CT molecular complexity index is 1040. The third-order valence-corrected chi connectivity index (χ3v) is 5.76. The fourth-order valence-corrected chi connectivity index (χ4v) is 4.25. The van der Waals surface area contributed by atoms with Crippen LogP contribution in [0, 0.1) is 24.1 Å². The molecule has 2 aromatic heterocycles. The van der Waals surface area contributed by atoms with Gasteiger partial charge in [0.05, 0.1) is 29.1 Å². The first kappa shape index (κ1) is 20.0. The number of carbonyl (C=O) groups excluding carboxylic acids is 1. The number of hydrogen-bond donors (Lipinski definition) is 0. The first-order chi connectivity index (χ1) is 13.5. The molecule has 0 unspecified atom stereocenters. The SMILES string of the molecule is CCOC(=O)c1cc(C#N)c(SCc2csc(-c3ccc(F)cc3)n2)nc1C. The van der Waals surface area contributed by atoms with Gasteiger partial charge < -0.3 is 4.74 Å². The topological polar surface area (TPSA) is 75.9 Å². The molecule has 28 heavy (non-hydrogen) atoms. The van der Waals surface area contributed by atoms with Crippen LogP contribution in [-0.2, 0) is 10.5 Å². The first-order valence-corrected chi connectivity index (χ1v) is 10.3. The van der Waals surface area contributed by atoms with Gasteiger partial charge in [-0.1, -0.05) is 11.8 Å². The average molecular weight is 413 g/mol. The molecule has 0 N–H and O–H groups in total. The zero-order valence-electron chi connectivity index (χ0n) is 15.2. The van der Waals surface area contributed by atoms with E-state index in [9.17, 15) is 14.4 Å². The van der Waals surface area contributed by atoms with Crippen LogP contribution in [0.15, 0.2) is 40.7 Å². The summed E-state index contributed by atoms with van der Waals surface area (Å²) in [6.45, 7) is 3.70. The Hall–Kier alpha value is -2.76. The van der Waals surface area contributed by atoms with E-state index in [4.69, 9.17) is 4.74 Å². The summed E-state index contributed by atoms with van der Waals surface area (Å²) in [5, 5.41) is 12.7. The minimum absolute atomic E-state index is 0.261. The van der Waals surface area contributed by atoms with Crippen LogP contribution >= 0.6 is 23.1 Å². The van der Waals surface area contributed by atoms with E-state index in [1.807, 2.05) is 5.38 Å². The van der Waals surface area contributed by atoms with E-state index < -0.39 is 5.97 Å². The Morgan fingerprint density at radius 1 is 1.32 bits per heavy atom. The Balaban J connectivity index is 1.76. The van der Waals surface area contributed by atoms with Crippen molar-refractivity contribution in [3.63, 3.8) is 0 Å². The van der Waals surface area contributed by atoms with Crippen LogP contribution < -0.4 is 0 Å². The Morgan fingerprint density at radius 3 is 2.75 bits per heavy atom. The molecule has 2 heterocycles. The maximum Gasteiger partial charge on any atom is 0.340 e. The van der Waals surface area contributed by atoms with Gasteiger partial charge in [0.15, 0.2) is 0 Å². The lowest BCUT2D eigenvalue weighted by molar-refractivity contribution is 0.0524. The van der Waals surface area contributed by atoms with Crippen LogP contribution in [0.5, 0.6) is 0 Å². The van der Waals surface area contributed by atoms with Gasteiger partial charge in [-0.2, -0.15) is 5.26 Å². The molecular formula is C20H16FN3O2S2. The van der Waals surface area contributed by atoms with Crippen molar-refractivity contribution in [3.05, 3.63) is 64.0 Å². The molecule has 0 bridgehead atoms. The van der Waals surface area contributed by atoms with E-state index in [1.54, 1.807) is 26.0 Å². The highest BCUT2D eigenvalue weighted by Gasteiger charge is 2.17. The highest BCUT2D eigenvalue weighted by Crippen LogP contribution is 2.29. The van der Waals surface area contributed by atoms with Crippen molar-refractivity contribution in [2.45, 2.75) is 24.6 Å². The highest BCUT2D eigenvalue weighted by molar-refractivity contribution is 7.98. The third-order valence-electron chi connectivity index (χ3n) is 3.79. The fourth-order valence-electron chi connectivity index (χ4n) is 2.43. The van der Waals surface area contributed by atoms with Crippen LogP contribution in [0.4, 0.5) is 4.39 Å². The average Bonchev–Trinajstić information content (AvgIpc) is 3.16. The number of benzene rings is 1. The van der Waals surface area contributed by atoms with E-state index in [2.05, 4.69) is 16.0 Å². The molecule has 0 saturated carbocycles. The van der Waals surface area contributed by atoms with Gasteiger partial charge in [-0.05, 0) is 44.2 Å². The standard InChI is InChI=1S/C20H16FN3O2S2/c1-3-26-20(25)17-8-14(9-22)19(23-12(17)2)28-11-16-10-27-18(24-16)13-4-6-15(21)7-5-13/h4-8,10H,3,11H2,1-2H3. The van der Waals surface area contributed by atoms with E-state index in [0.717, 1.165) is 16.3 Å². The zero-order chi connectivity index (χ0) is 20.1. The number of aromatic nitrogens is 2. The Labute approximate surface area is 170 Å². The highest BCUT2D eigenvalue weighted by atomic mass is 32.2. The minimum atomic E-state index is -0.482. The number of pyridine rings is 1. The molecule has 0 aliphatic heterocycles. The fraction of sp³-hybridized carbons (Fsp3) is 0.200. The van der Waals surface area contributed by atoms with Gasteiger partial charge >= 0.3 is 5.97 Å². The Morgan fingerprint density at radius 2 is 2.07 bits per heavy atom. The normalized spacial score (nSPS) is 10.5. The summed E-state index contributed by atoms with van der Waals surface area (Å²) in [4.78, 5) is 20.9. The van der Waals surface area contributed by atoms with Crippen LogP contribution in [0.25, 0.3) is 10.6 Å². The second-order valence-corrected chi connectivity index (χ2v) is 7.57. The second-order valence-electron chi connectivity index (χ2n) is 5.75. The lowest BCUT2D eigenvalue weighted by Crippen LogP contribution is -2.09. The van der Waals surface area contributed by atoms with Gasteiger partial charge in [-0.15, -0.1) is 11.3 Å². The maximum atomic E-state index is 13.1. The molecule has 0 atom stereocenters. The number of thioether (sulfide) groups is 1. The number of hydrogen-bond acceptors (Lipinski definition) is 7. The summed E-state index contributed by atoms with van der Waals surface area (Å²) < 4.78 is 18.1. The van der Waals surface area contributed by atoms with Crippen molar-refractivity contribution in [1.82, 2.24) is 9.97 Å². The molecule has 0 radical (unpaired) electrons. The number of nitriles is 1. The van der Waals surface area contributed by atoms with Crippen molar-refractivity contribution in [1.29, 1.82) is 5.26 Å². The largest absolute Gasteiger partial charge is 0.462 e. The number of aryl methyl sites for hydroxylation is 1. The van der Waals surface area contributed by atoms with Crippen LogP contribution in [0.1, 0.15) is 34.2 Å². The molecule has 5 nitrogen and oxygen atoms in total. The molecule has 0 aliphatic rings. The predicted molar refractivity (Wildman–Crippen MR) is 107 cm³/mol. The molecule has 3 aromatic rings. The molecular weight excluding hydrogens is 397 g/mol. The van der Waals surface area contributed by atoms with Crippen molar-refractivity contribution < 1.29 is 13.9 Å². The van der Waals surface area contributed by atoms with Gasteiger partial charge in [0.2, 0.25) is 0 Å². The van der Waals surface area contributed by atoms with Gasteiger partial charge in [0.1, 0.15) is 21.9 Å². The van der Waals surface area contributed by atoms with Crippen molar-refractivity contribution in [3.8, 4) is 16.6 Å². The summed E-state index contributed by atoms with van der Waals surface area (Å²) in [5.41, 5.74) is 2.84. The molecule has 8 heteroatoms. The molecule has 0 amide bonds. The van der Waals surface area contributed by atoms with Gasteiger partial charge in [0, 0.05) is 16.7 Å². The lowest BCUT2D eigenvalue weighted by atomic mass is 10.1. The minimum Gasteiger partial charge on any atom is -0.462 e. The monoisotopic (exact) mass is 413 g/mol. The first-order valence-electron chi connectivity index (χ1n) is 8.43. The summed E-state index contributed by atoms with van der Waals surface area (Å²) in [7, 11) is 0. The maximum absolute atomic E-state index is 13.1. The van der Waals surface area contributed by atoms with E-state index >= 15 is 0 Å². The van der Waals surface area contributed by atoms with Crippen LogP contribution in [0.2, 0.25) is 0 Å². The number of thiazole rings is 1.